The fourth-order valence-corrected chi connectivity index (χ4v) is 2.76. The summed E-state index contributed by atoms with van der Waals surface area (Å²) in [6.07, 6.45) is 4.75. The van der Waals surface area contributed by atoms with Crippen molar-refractivity contribution in [2.24, 2.45) is 0 Å². The van der Waals surface area contributed by atoms with Crippen LogP contribution in [-0.2, 0) is 16.1 Å². The van der Waals surface area contributed by atoms with Gasteiger partial charge in [0.1, 0.15) is 11.6 Å². The second-order valence-corrected chi connectivity index (χ2v) is 6.22. The van der Waals surface area contributed by atoms with Crippen LogP contribution in [0, 0.1) is 5.82 Å². The van der Waals surface area contributed by atoms with E-state index in [1.165, 1.54) is 18.2 Å². The predicted molar refractivity (Wildman–Crippen MR) is 99.1 cm³/mol. The number of nitrogens with one attached hydrogen (secondary N) is 1. The van der Waals surface area contributed by atoms with Crippen molar-refractivity contribution in [2.45, 2.75) is 19.6 Å². The van der Waals surface area contributed by atoms with E-state index >= 15 is 0 Å². The Balaban J connectivity index is 1.51. The number of benzene rings is 1. The van der Waals surface area contributed by atoms with Crippen molar-refractivity contribution in [2.75, 3.05) is 24.6 Å². The molecule has 0 unspecified atom stereocenters. The zero-order valence-electron chi connectivity index (χ0n) is 14.7. The number of anilines is 1. The van der Waals surface area contributed by atoms with Crippen LogP contribution >= 0.6 is 0 Å². The average molecular weight is 355 g/mol. The molecule has 0 spiro atoms. The van der Waals surface area contributed by atoms with Gasteiger partial charge < -0.3 is 15.0 Å². The zero-order chi connectivity index (χ0) is 18.4. The van der Waals surface area contributed by atoms with Crippen LogP contribution in [0.2, 0.25) is 0 Å². The number of hydrogen-bond donors (Lipinski definition) is 1. The van der Waals surface area contributed by atoms with E-state index in [0.29, 0.717) is 18.7 Å². The monoisotopic (exact) mass is 355 g/mol. The van der Waals surface area contributed by atoms with E-state index in [9.17, 15) is 9.18 Å². The number of aromatic nitrogens is 1. The lowest BCUT2D eigenvalue weighted by atomic mass is 10.2. The Kier molecular flexibility index (Phi) is 5.96. The highest BCUT2D eigenvalue weighted by atomic mass is 19.1. The van der Waals surface area contributed by atoms with Crippen LogP contribution in [0.25, 0.3) is 6.08 Å². The Hall–Kier alpha value is -2.73. The molecule has 0 radical (unpaired) electrons. The van der Waals surface area contributed by atoms with Gasteiger partial charge in [0.2, 0.25) is 5.91 Å². The molecule has 1 aromatic carbocycles. The Labute approximate surface area is 152 Å². The van der Waals surface area contributed by atoms with Crippen molar-refractivity contribution in [1.82, 2.24) is 10.3 Å². The van der Waals surface area contributed by atoms with Gasteiger partial charge in [0.25, 0.3) is 0 Å². The average Bonchev–Trinajstić information content (AvgIpc) is 2.66. The molecule has 1 N–H and O–H groups in total. The van der Waals surface area contributed by atoms with Gasteiger partial charge in [-0.2, -0.15) is 0 Å². The first-order valence-corrected chi connectivity index (χ1v) is 8.64. The molecule has 1 aliphatic heterocycles. The van der Waals surface area contributed by atoms with Crippen LogP contribution in [0.15, 0.2) is 48.7 Å². The van der Waals surface area contributed by atoms with Crippen LogP contribution in [0.1, 0.15) is 18.1 Å². The van der Waals surface area contributed by atoms with E-state index < -0.39 is 0 Å². The summed E-state index contributed by atoms with van der Waals surface area (Å²) in [4.78, 5) is 18.5. The zero-order valence-corrected chi connectivity index (χ0v) is 14.7. The van der Waals surface area contributed by atoms with Crippen molar-refractivity contribution in [1.29, 1.82) is 0 Å². The second kappa shape index (κ2) is 8.58. The molecule has 1 aliphatic rings. The molecule has 0 saturated carbocycles. The first-order chi connectivity index (χ1) is 12.6. The van der Waals surface area contributed by atoms with E-state index in [2.05, 4.69) is 15.2 Å². The fourth-order valence-electron chi connectivity index (χ4n) is 2.76. The molecule has 1 fully saturated rings. The van der Waals surface area contributed by atoms with Gasteiger partial charge in [0.05, 0.1) is 12.7 Å². The first-order valence-electron chi connectivity index (χ1n) is 8.64. The van der Waals surface area contributed by atoms with E-state index in [-0.39, 0.29) is 17.8 Å². The molecule has 136 valence electrons. The lowest BCUT2D eigenvalue weighted by molar-refractivity contribution is -0.116. The summed E-state index contributed by atoms with van der Waals surface area (Å²) >= 11 is 0. The number of ether oxygens (including phenoxy) is 1. The Bertz CT molecular complexity index is 777. The third-order valence-electron chi connectivity index (χ3n) is 4.16. The predicted octanol–water partition coefficient (Wildman–Crippen LogP) is 2.78. The van der Waals surface area contributed by atoms with Crippen molar-refractivity contribution < 1.29 is 13.9 Å². The van der Waals surface area contributed by atoms with Gasteiger partial charge in [-0.15, -0.1) is 0 Å². The number of amides is 1. The number of rotatable bonds is 5. The number of carbonyl (C=O) groups excluding carboxylic acids is 1. The lowest BCUT2D eigenvalue weighted by Crippen LogP contribution is -2.41. The van der Waals surface area contributed by atoms with Crippen LogP contribution in [0.5, 0.6) is 0 Å². The summed E-state index contributed by atoms with van der Waals surface area (Å²) in [7, 11) is 0. The summed E-state index contributed by atoms with van der Waals surface area (Å²) in [5.74, 6) is 0.280. The van der Waals surface area contributed by atoms with E-state index in [4.69, 9.17) is 4.74 Å². The number of nitrogens with zero attached hydrogens (tertiary/aromatic N) is 2. The number of carbonyl (C=O) groups is 1. The molecule has 5 nitrogen and oxygen atoms in total. The number of pyridine rings is 1. The molecule has 1 saturated heterocycles. The molecule has 3 rings (SSSR count). The van der Waals surface area contributed by atoms with Crippen molar-refractivity contribution in [3.05, 3.63) is 65.6 Å². The molecule has 1 aromatic heterocycles. The summed E-state index contributed by atoms with van der Waals surface area (Å²) in [5.41, 5.74) is 1.29. The third-order valence-corrected chi connectivity index (χ3v) is 4.16. The number of morpholine rings is 1. The minimum absolute atomic E-state index is 0.200. The van der Waals surface area contributed by atoms with Gasteiger partial charge in [0.15, 0.2) is 0 Å². The molecule has 26 heavy (non-hydrogen) atoms. The molecule has 6 heteroatoms. The molecule has 0 aliphatic carbocycles. The van der Waals surface area contributed by atoms with Crippen LogP contribution in [-0.4, -0.2) is 36.7 Å². The van der Waals surface area contributed by atoms with Gasteiger partial charge in [-0.05, 0) is 30.7 Å². The summed E-state index contributed by atoms with van der Waals surface area (Å²) in [5, 5.41) is 2.77. The SMILES string of the molecule is C[C@@H]1CN(c2ccc(CNC(=O)/C=C/c3ccccc3F)cn2)CCO1. The quantitative estimate of drug-likeness (QED) is 0.838. The van der Waals surface area contributed by atoms with E-state index in [1.807, 2.05) is 19.1 Å². The molecule has 2 aromatic rings. The van der Waals surface area contributed by atoms with Gasteiger partial charge in [0, 0.05) is 37.5 Å². The number of halogens is 1. The van der Waals surface area contributed by atoms with Gasteiger partial charge in [-0.3, -0.25) is 4.79 Å². The third kappa shape index (κ3) is 4.89. The Morgan fingerprint density at radius 2 is 2.23 bits per heavy atom. The molecule has 0 bridgehead atoms. The molecule has 1 amide bonds. The maximum Gasteiger partial charge on any atom is 0.244 e. The standard InChI is InChI=1S/C20H22FN3O2/c1-15-14-24(10-11-26-15)19-8-6-16(12-22-19)13-23-20(25)9-7-17-4-2-3-5-18(17)21/h2-9,12,15H,10-11,13-14H2,1H3,(H,23,25)/b9-7+/t15-/m1/s1. The van der Waals surface area contributed by atoms with Crippen molar-refractivity contribution in [3.8, 4) is 0 Å². The Morgan fingerprint density at radius 3 is 2.96 bits per heavy atom. The fraction of sp³-hybridized carbons (Fsp3) is 0.300. The van der Waals surface area contributed by atoms with Crippen LogP contribution in [0.4, 0.5) is 10.2 Å². The van der Waals surface area contributed by atoms with Crippen LogP contribution < -0.4 is 10.2 Å². The maximum atomic E-state index is 13.5. The smallest absolute Gasteiger partial charge is 0.244 e. The minimum atomic E-state index is -0.353. The highest BCUT2D eigenvalue weighted by Gasteiger charge is 2.17. The van der Waals surface area contributed by atoms with Gasteiger partial charge in [-0.25, -0.2) is 9.37 Å². The Morgan fingerprint density at radius 1 is 1.38 bits per heavy atom. The number of hydrogen-bond acceptors (Lipinski definition) is 4. The van der Waals surface area contributed by atoms with Crippen LogP contribution in [0.3, 0.4) is 0 Å². The molecule has 1 atom stereocenters. The van der Waals surface area contributed by atoms with Crippen molar-refractivity contribution in [3.63, 3.8) is 0 Å². The minimum Gasteiger partial charge on any atom is -0.375 e. The highest BCUT2D eigenvalue weighted by Crippen LogP contribution is 2.15. The van der Waals surface area contributed by atoms with E-state index in [0.717, 1.165) is 24.5 Å². The molecule has 2 heterocycles. The first kappa shape index (κ1) is 18.1. The highest BCUT2D eigenvalue weighted by molar-refractivity contribution is 5.91. The summed E-state index contributed by atoms with van der Waals surface area (Å²) in [6, 6.07) is 10.2. The normalized spacial score (nSPS) is 17.5. The van der Waals surface area contributed by atoms with Gasteiger partial charge in [-0.1, -0.05) is 24.3 Å². The topological polar surface area (TPSA) is 54.5 Å². The molecular weight excluding hydrogens is 333 g/mol. The molecular formula is C20H22FN3O2. The van der Waals surface area contributed by atoms with Crippen molar-refractivity contribution >= 4 is 17.8 Å². The van der Waals surface area contributed by atoms with E-state index in [1.54, 1.807) is 24.4 Å². The second-order valence-electron chi connectivity index (χ2n) is 6.22. The maximum absolute atomic E-state index is 13.5. The summed E-state index contributed by atoms with van der Waals surface area (Å²) < 4.78 is 19.0. The van der Waals surface area contributed by atoms with Gasteiger partial charge >= 0.3 is 0 Å². The lowest BCUT2D eigenvalue weighted by Gasteiger charge is -2.32. The largest absolute Gasteiger partial charge is 0.375 e. The summed E-state index contributed by atoms with van der Waals surface area (Å²) in [6.45, 7) is 4.77.